The van der Waals surface area contributed by atoms with Crippen molar-refractivity contribution in [2.24, 2.45) is 5.92 Å². The van der Waals surface area contributed by atoms with E-state index in [1.807, 2.05) is 11.9 Å². The first-order valence-corrected chi connectivity index (χ1v) is 5.59. The van der Waals surface area contributed by atoms with Crippen molar-refractivity contribution in [3.63, 3.8) is 0 Å². The van der Waals surface area contributed by atoms with E-state index in [9.17, 15) is 4.79 Å². The van der Waals surface area contributed by atoms with Crippen LogP contribution in [0.25, 0.3) is 0 Å². The van der Waals surface area contributed by atoms with E-state index < -0.39 is 5.97 Å². The summed E-state index contributed by atoms with van der Waals surface area (Å²) in [6.07, 6.45) is 7.99. The number of hydrogen-bond donors (Lipinski definition) is 1. The van der Waals surface area contributed by atoms with E-state index in [4.69, 9.17) is 5.11 Å². The Morgan fingerprint density at radius 2 is 2.00 bits per heavy atom. The summed E-state index contributed by atoms with van der Waals surface area (Å²) in [5.74, 6) is 0.121. The molecule has 0 bridgehead atoms. The monoisotopic (exact) mass is 199 g/mol. The van der Waals surface area contributed by atoms with Gasteiger partial charge < -0.3 is 5.11 Å². The van der Waals surface area contributed by atoms with E-state index in [1.165, 1.54) is 38.5 Å². The van der Waals surface area contributed by atoms with Gasteiger partial charge in [-0.05, 0) is 25.9 Å². The lowest BCUT2D eigenvalue weighted by molar-refractivity contribution is -0.138. The maximum absolute atomic E-state index is 10.4. The fraction of sp³-hybridized carbons (Fsp3) is 0.909. The van der Waals surface area contributed by atoms with Gasteiger partial charge in [0.25, 0.3) is 0 Å². The van der Waals surface area contributed by atoms with Gasteiger partial charge >= 0.3 is 5.97 Å². The van der Waals surface area contributed by atoms with Crippen LogP contribution in [-0.2, 0) is 4.79 Å². The quantitative estimate of drug-likeness (QED) is 0.736. The fourth-order valence-electron chi connectivity index (χ4n) is 2.19. The summed E-state index contributed by atoms with van der Waals surface area (Å²) in [7, 11) is 1.89. The van der Waals surface area contributed by atoms with Crippen LogP contribution in [0.15, 0.2) is 0 Å². The van der Waals surface area contributed by atoms with Gasteiger partial charge in [-0.3, -0.25) is 9.69 Å². The highest BCUT2D eigenvalue weighted by molar-refractivity contribution is 5.68. The molecule has 3 nitrogen and oxygen atoms in total. The van der Waals surface area contributed by atoms with Crippen LogP contribution >= 0.6 is 0 Å². The summed E-state index contributed by atoms with van der Waals surface area (Å²) in [4.78, 5) is 12.3. The number of carboxylic acids is 1. The molecule has 1 N–H and O–H groups in total. The van der Waals surface area contributed by atoms with Gasteiger partial charge in [0.05, 0.1) is 6.54 Å². The van der Waals surface area contributed by atoms with Gasteiger partial charge in [-0.15, -0.1) is 0 Å². The highest BCUT2D eigenvalue weighted by atomic mass is 16.4. The van der Waals surface area contributed by atoms with E-state index in [2.05, 4.69) is 0 Å². The predicted molar refractivity (Wildman–Crippen MR) is 56.3 cm³/mol. The molecular formula is C11H21NO2. The normalized spacial score (nSPS) is 18.7. The summed E-state index contributed by atoms with van der Waals surface area (Å²) in [6.45, 7) is 1.10. The lowest BCUT2D eigenvalue weighted by atomic mass is 9.87. The maximum atomic E-state index is 10.4. The minimum Gasteiger partial charge on any atom is -0.480 e. The molecule has 1 saturated carbocycles. The van der Waals surface area contributed by atoms with Gasteiger partial charge in [-0.25, -0.2) is 0 Å². The molecule has 1 rings (SSSR count). The van der Waals surface area contributed by atoms with Crippen molar-refractivity contribution in [3.05, 3.63) is 0 Å². The highest BCUT2D eigenvalue weighted by Crippen LogP contribution is 2.26. The van der Waals surface area contributed by atoms with Gasteiger partial charge in [-0.2, -0.15) is 0 Å². The second kappa shape index (κ2) is 6.02. The van der Waals surface area contributed by atoms with E-state index >= 15 is 0 Å². The second-order valence-electron chi connectivity index (χ2n) is 4.42. The number of carbonyl (C=O) groups is 1. The molecular weight excluding hydrogens is 178 g/mol. The van der Waals surface area contributed by atoms with Gasteiger partial charge in [0.2, 0.25) is 0 Å². The molecule has 0 aromatic carbocycles. The molecule has 0 aliphatic heterocycles. The highest BCUT2D eigenvalue weighted by Gasteiger charge is 2.14. The molecule has 1 aliphatic carbocycles. The Hall–Kier alpha value is -0.570. The lowest BCUT2D eigenvalue weighted by Crippen LogP contribution is -2.28. The Kier molecular flexibility index (Phi) is 4.94. The number of aliphatic carboxylic acids is 1. The molecule has 0 spiro atoms. The molecule has 1 aliphatic rings. The molecule has 0 atom stereocenters. The SMILES string of the molecule is CN(CCC1CCCCC1)CC(=O)O. The molecule has 82 valence electrons. The zero-order valence-corrected chi connectivity index (χ0v) is 9.04. The second-order valence-corrected chi connectivity index (χ2v) is 4.42. The van der Waals surface area contributed by atoms with E-state index in [1.54, 1.807) is 0 Å². The Morgan fingerprint density at radius 3 is 2.57 bits per heavy atom. The minimum absolute atomic E-state index is 0.173. The van der Waals surface area contributed by atoms with Crippen molar-refractivity contribution in [2.45, 2.75) is 38.5 Å². The average Bonchev–Trinajstić information content (AvgIpc) is 2.15. The third-order valence-electron chi connectivity index (χ3n) is 3.05. The summed E-state index contributed by atoms with van der Waals surface area (Å²) in [5, 5.41) is 8.58. The molecule has 3 heteroatoms. The van der Waals surface area contributed by atoms with Crippen molar-refractivity contribution in [1.29, 1.82) is 0 Å². The van der Waals surface area contributed by atoms with Crippen LogP contribution in [0.2, 0.25) is 0 Å². The van der Waals surface area contributed by atoms with Crippen molar-refractivity contribution < 1.29 is 9.90 Å². The zero-order valence-electron chi connectivity index (χ0n) is 9.04. The van der Waals surface area contributed by atoms with Crippen LogP contribution in [0.1, 0.15) is 38.5 Å². The van der Waals surface area contributed by atoms with Crippen LogP contribution in [-0.4, -0.2) is 36.1 Å². The largest absolute Gasteiger partial charge is 0.480 e. The van der Waals surface area contributed by atoms with Crippen molar-refractivity contribution >= 4 is 5.97 Å². The third kappa shape index (κ3) is 4.61. The molecule has 0 radical (unpaired) electrons. The predicted octanol–water partition coefficient (Wildman–Crippen LogP) is 1.97. The molecule has 0 saturated heterocycles. The summed E-state index contributed by atoms with van der Waals surface area (Å²) in [6, 6.07) is 0. The van der Waals surface area contributed by atoms with E-state index in [0.717, 1.165) is 12.5 Å². The minimum atomic E-state index is -0.726. The Bertz CT molecular complexity index is 176. The van der Waals surface area contributed by atoms with Crippen LogP contribution in [0.4, 0.5) is 0 Å². The molecule has 0 amide bonds. The number of nitrogens with zero attached hydrogens (tertiary/aromatic N) is 1. The van der Waals surface area contributed by atoms with Crippen LogP contribution in [0, 0.1) is 5.92 Å². The van der Waals surface area contributed by atoms with Crippen molar-refractivity contribution in [2.75, 3.05) is 20.1 Å². The van der Waals surface area contributed by atoms with Crippen LogP contribution < -0.4 is 0 Å². The van der Waals surface area contributed by atoms with Gasteiger partial charge in [0, 0.05) is 0 Å². The van der Waals surface area contributed by atoms with Gasteiger partial charge in [0.15, 0.2) is 0 Å². The number of likely N-dealkylation sites (N-methyl/N-ethyl adjacent to an activating group) is 1. The average molecular weight is 199 g/mol. The number of rotatable bonds is 5. The van der Waals surface area contributed by atoms with Gasteiger partial charge in [0.1, 0.15) is 0 Å². The molecule has 1 fully saturated rings. The zero-order chi connectivity index (χ0) is 10.4. The third-order valence-corrected chi connectivity index (χ3v) is 3.05. The number of carboxylic acid groups (broad SMARTS) is 1. The first-order valence-electron chi connectivity index (χ1n) is 5.59. The summed E-state index contributed by atoms with van der Waals surface area (Å²) >= 11 is 0. The summed E-state index contributed by atoms with van der Waals surface area (Å²) in [5.41, 5.74) is 0. The summed E-state index contributed by atoms with van der Waals surface area (Å²) < 4.78 is 0. The Balaban J connectivity index is 2.09. The van der Waals surface area contributed by atoms with E-state index in [-0.39, 0.29) is 6.54 Å². The van der Waals surface area contributed by atoms with Crippen molar-refractivity contribution in [3.8, 4) is 0 Å². The molecule has 0 aromatic heterocycles. The first kappa shape index (κ1) is 11.5. The lowest BCUT2D eigenvalue weighted by Gasteiger charge is -2.23. The van der Waals surface area contributed by atoms with Crippen LogP contribution in [0.5, 0.6) is 0 Å². The fourth-order valence-corrected chi connectivity index (χ4v) is 2.19. The first-order chi connectivity index (χ1) is 6.68. The van der Waals surface area contributed by atoms with Crippen LogP contribution in [0.3, 0.4) is 0 Å². The molecule has 0 aromatic rings. The van der Waals surface area contributed by atoms with Gasteiger partial charge in [-0.1, -0.05) is 32.1 Å². The Labute approximate surface area is 86.1 Å². The smallest absolute Gasteiger partial charge is 0.317 e. The van der Waals surface area contributed by atoms with E-state index in [0.29, 0.717) is 0 Å². The molecule has 14 heavy (non-hydrogen) atoms. The molecule has 0 heterocycles. The molecule has 0 unspecified atom stereocenters. The Morgan fingerprint density at radius 1 is 1.36 bits per heavy atom. The topological polar surface area (TPSA) is 40.5 Å². The number of hydrogen-bond acceptors (Lipinski definition) is 2. The van der Waals surface area contributed by atoms with Crippen molar-refractivity contribution in [1.82, 2.24) is 4.90 Å². The maximum Gasteiger partial charge on any atom is 0.317 e. The standard InChI is InChI=1S/C11H21NO2/c1-12(9-11(13)14)8-7-10-5-3-2-4-6-10/h10H,2-9H2,1H3,(H,13,14).